The first-order valence-corrected chi connectivity index (χ1v) is 27.3. The van der Waals surface area contributed by atoms with E-state index in [1.165, 1.54) is 18.3 Å². The normalized spacial score (nSPS) is 13.9. The zero-order valence-electron chi connectivity index (χ0n) is 48.6. The van der Waals surface area contributed by atoms with Crippen molar-refractivity contribution in [1.29, 1.82) is 0 Å². The summed E-state index contributed by atoms with van der Waals surface area (Å²) in [6.07, 6.45) is 19.2. The number of alkyl halides is 3. The van der Waals surface area contributed by atoms with E-state index in [0.29, 0.717) is 24.2 Å². The van der Waals surface area contributed by atoms with Crippen LogP contribution in [0.1, 0.15) is 24.4 Å². The van der Waals surface area contributed by atoms with Crippen molar-refractivity contribution in [2.24, 2.45) is 0 Å². The molecule has 3 aliphatic rings. The van der Waals surface area contributed by atoms with E-state index >= 15 is 0 Å². The van der Waals surface area contributed by atoms with Gasteiger partial charge in [-0.1, -0.05) is 86.3 Å². The van der Waals surface area contributed by atoms with Crippen molar-refractivity contribution in [3.05, 3.63) is 322 Å². The molecule has 1 fully saturated rings. The molecule has 1 radical (unpaired) electrons. The number of likely N-dealkylation sites (N-methyl/N-ethyl adjacent to an activating group) is 1. The quantitative estimate of drug-likeness (QED) is 0.0848. The third-order valence-electron chi connectivity index (χ3n) is 12.6. The number of allylic oxidation sites excluding steroid dienone is 2. The first-order chi connectivity index (χ1) is 43.3. The molecule has 0 N–H and O–H groups in total. The monoisotopic (exact) mass is 1510 g/mol. The molecular formula is C69H60F7IrN14Ru-5. The molecule has 0 amide bonds. The maximum atomic E-state index is 13.7. The summed E-state index contributed by atoms with van der Waals surface area (Å²) in [4.78, 5) is 39.4. The number of hydrogen-bond acceptors (Lipinski definition) is 13. The van der Waals surface area contributed by atoms with Crippen LogP contribution in [-0.4, -0.2) is 80.9 Å². The minimum Gasteiger partial charge on any atom is -0.504 e. The van der Waals surface area contributed by atoms with Gasteiger partial charge >= 0.3 is 6.18 Å². The maximum absolute atomic E-state index is 13.7. The van der Waals surface area contributed by atoms with Crippen LogP contribution < -0.4 is 14.9 Å². The van der Waals surface area contributed by atoms with Crippen LogP contribution in [0.25, 0.3) is 34.3 Å². The molecular weight excluding hydrogens is 1450 g/mol. The van der Waals surface area contributed by atoms with Crippen LogP contribution in [-0.2, 0) is 58.8 Å². The molecule has 14 rings (SSSR count). The molecule has 2 aliphatic heterocycles. The average Bonchev–Trinajstić information content (AvgIpc) is 1.70. The van der Waals surface area contributed by atoms with Crippen LogP contribution in [0.4, 0.5) is 42.1 Å². The van der Waals surface area contributed by atoms with Crippen LogP contribution >= 0.6 is 0 Å². The number of fused-ring (bicyclic) bond motifs is 2. The summed E-state index contributed by atoms with van der Waals surface area (Å²) in [6.45, 7) is 4.57. The van der Waals surface area contributed by atoms with Crippen LogP contribution in [0.5, 0.6) is 0 Å². The molecule has 477 valence electrons. The second-order valence-electron chi connectivity index (χ2n) is 18.9. The number of hydrogen-bond donors (Lipinski definition) is 0. The van der Waals surface area contributed by atoms with Gasteiger partial charge in [0.2, 0.25) is 0 Å². The van der Waals surface area contributed by atoms with Gasteiger partial charge in [-0.05, 0) is 130 Å². The van der Waals surface area contributed by atoms with E-state index < -0.39 is 35.3 Å². The molecule has 0 spiro atoms. The van der Waals surface area contributed by atoms with Gasteiger partial charge in [-0.2, -0.15) is 32.0 Å². The molecule has 10 heterocycles. The molecule has 92 heavy (non-hydrogen) atoms. The van der Waals surface area contributed by atoms with E-state index in [9.17, 15) is 30.7 Å². The predicted molar refractivity (Wildman–Crippen MR) is 333 cm³/mol. The summed E-state index contributed by atoms with van der Waals surface area (Å²) in [6, 6.07) is 57.2. The van der Waals surface area contributed by atoms with Gasteiger partial charge in [0.1, 0.15) is 5.82 Å². The second kappa shape index (κ2) is 38.4. The van der Waals surface area contributed by atoms with Crippen LogP contribution in [0, 0.1) is 48.7 Å². The Labute approximate surface area is 556 Å². The van der Waals surface area contributed by atoms with Gasteiger partial charge in [0, 0.05) is 142 Å². The van der Waals surface area contributed by atoms with E-state index in [2.05, 4.69) is 79.3 Å². The summed E-state index contributed by atoms with van der Waals surface area (Å²) in [5.41, 5.74) is 6.72. The zero-order chi connectivity index (χ0) is 62.6. The molecule has 8 aromatic heterocycles. The van der Waals surface area contributed by atoms with Crippen molar-refractivity contribution in [2.45, 2.75) is 38.8 Å². The molecule has 2 atom stereocenters. The summed E-state index contributed by atoms with van der Waals surface area (Å²) < 4.78 is 89.4. The number of rotatable bonds is 7. The van der Waals surface area contributed by atoms with Crippen molar-refractivity contribution in [3.63, 3.8) is 0 Å². The predicted octanol–water partition coefficient (Wildman–Crippen LogP) is 14.4. The van der Waals surface area contributed by atoms with Crippen molar-refractivity contribution in [1.82, 2.24) is 59.9 Å². The number of nitrogens with zero attached hydrogens (tertiary/aromatic N) is 14. The number of aromatic nitrogens is 10. The summed E-state index contributed by atoms with van der Waals surface area (Å²) >= 11 is 0. The number of pyridine rings is 7. The molecule has 1 saturated heterocycles. The molecule has 2 unspecified atom stereocenters. The molecule has 0 saturated carbocycles. The third kappa shape index (κ3) is 22.8. The molecule has 23 heteroatoms. The van der Waals surface area contributed by atoms with Crippen molar-refractivity contribution in [2.75, 3.05) is 23.9 Å². The fraction of sp³-hybridized carbons (Fsp3) is 0.116. The smallest absolute Gasteiger partial charge is 0.429 e. The van der Waals surface area contributed by atoms with Crippen molar-refractivity contribution < 1.29 is 70.3 Å². The fourth-order valence-electron chi connectivity index (χ4n) is 8.46. The molecule has 1 aliphatic carbocycles. The molecule has 11 aromatic rings. The van der Waals surface area contributed by atoms with E-state index in [0.717, 1.165) is 52.3 Å². The Morgan fingerprint density at radius 3 is 1.28 bits per heavy atom. The van der Waals surface area contributed by atoms with Crippen LogP contribution in [0.2, 0.25) is 0 Å². The Balaban J connectivity index is 0.000000200. The molecule has 14 nitrogen and oxygen atoms in total. The van der Waals surface area contributed by atoms with Gasteiger partial charge in [-0.25, -0.2) is 6.67 Å². The van der Waals surface area contributed by atoms with Gasteiger partial charge in [0.05, 0.1) is 28.5 Å². The average molecular weight is 1510 g/mol. The Morgan fingerprint density at radius 2 is 0.902 bits per heavy atom. The van der Waals surface area contributed by atoms with Gasteiger partial charge in [0.25, 0.3) is 0 Å². The first-order valence-electron chi connectivity index (χ1n) is 27.3. The zero-order valence-corrected chi connectivity index (χ0v) is 52.7. The van der Waals surface area contributed by atoms with Crippen molar-refractivity contribution >= 4 is 11.4 Å². The van der Waals surface area contributed by atoms with E-state index in [1.54, 1.807) is 61.7 Å². The molecule has 3 aromatic carbocycles. The molecule has 0 bridgehead atoms. The van der Waals surface area contributed by atoms with Gasteiger partial charge in [-0.3, -0.25) is 57.5 Å². The van der Waals surface area contributed by atoms with Crippen LogP contribution in [0.15, 0.2) is 256 Å². The Kier molecular flexibility index (Phi) is 30.6. The minimum atomic E-state index is -4.57. The first kappa shape index (κ1) is 73.4. The maximum Gasteiger partial charge on any atom is 0.429 e. The second-order valence-corrected chi connectivity index (χ2v) is 18.9. The summed E-state index contributed by atoms with van der Waals surface area (Å²) in [5, 5.41) is 6.25. The minimum absolute atomic E-state index is 0. The van der Waals surface area contributed by atoms with E-state index in [1.807, 2.05) is 188 Å². The largest absolute Gasteiger partial charge is 0.504 e. The third-order valence-corrected chi connectivity index (χ3v) is 12.6. The SMILES string of the molecule is C.CN1[CH-]N(Cc2[c-]cc(F)cc2F)C2C=CC=CC21.CN1[CH-]N(Cc2[c-]cc(F)cc2F)c2ccccc21.FC(F)(F)c1n[n-]c(-c2ccccn2)n1.[Ir].[Ru].c1ccc(-c2ccccn2)nc1.c1ccc(-c2ccccn2)nc1.c1ccncc1.c1ccncc1. The van der Waals surface area contributed by atoms with Gasteiger partial charge in [-0.15, -0.1) is 35.4 Å². The Hall–Kier alpha value is -9.37. The number of anilines is 2. The summed E-state index contributed by atoms with van der Waals surface area (Å²) in [7, 11) is 3.93. The van der Waals surface area contributed by atoms with Crippen LogP contribution in [0.3, 0.4) is 0 Å². The van der Waals surface area contributed by atoms with Crippen molar-refractivity contribution in [3.8, 4) is 34.3 Å². The summed E-state index contributed by atoms with van der Waals surface area (Å²) in [5.74, 6) is -3.69. The number of benzene rings is 3. The number of halogens is 7. The van der Waals surface area contributed by atoms with E-state index in [-0.39, 0.29) is 70.6 Å². The topological polar surface area (TPSA) is 143 Å². The standard InChI is InChI=1S/C15H14F2N2.C15H12F2N2.2C10H8N2.C8H4F3N4.2C5H5N.CH4.Ir.Ru/c2*1-18-10-19(15-5-3-2-4-14(15)18)9-11-6-7-12(16)8-13(11)17;2*1-3-7-11-9(5-1)10-6-2-4-8-12-10;9-8(10,11)7-13-6(14-15-7)5-3-1-2-4-12-5;2*1-2-4-6-5-3-1;;;/h2-5,7-8,10,14-15H,9H2,1H3;2-5,7-8,10H,9H2,1H3;2*1-8H;1-4H;2*1-5H;1H4;;/q2*-2;;;-1;;;;;. The Morgan fingerprint density at radius 1 is 0.500 bits per heavy atom. The van der Waals surface area contributed by atoms with E-state index in [4.69, 9.17) is 0 Å². The van der Waals surface area contributed by atoms with Gasteiger partial charge in [0.15, 0.2) is 0 Å². The Bertz CT molecular complexity index is 3640. The van der Waals surface area contributed by atoms with Gasteiger partial charge < -0.3 is 29.7 Å². The number of para-hydroxylation sites is 2. The fourth-order valence-corrected chi connectivity index (χ4v) is 8.46.